The van der Waals surface area contributed by atoms with E-state index in [1.807, 2.05) is 30.3 Å². The van der Waals surface area contributed by atoms with Gasteiger partial charge in [-0.25, -0.2) is 9.59 Å². The van der Waals surface area contributed by atoms with Gasteiger partial charge in [-0.3, -0.25) is 19.7 Å². The Kier molecular flexibility index (Phi) is 12.1. The molecule has 1 aromatic heterocycles. The summed E-state index contributed by atoms with van der Waals surface area (Å²) in [5.41, 5.74) is -0.632. The molecule has 0 saturated carbocycles. The van der Waals surface area contributed by atoms with Crippen LogP contribution >= 0.6 is 0 Å². The normalized spacial score (nSPS) is 12.7. The average molecular weight is 555 g/mol. The second-order valence-electron chi connectivity index (χ2n) is 9.90. The van der Waals surface area contributed by atoms with Crippen LogP contribution in [0.2, 0.25) is 0 Å². The number of carbonyl (C=O) groups is 4. The van der Waals surface area contributed by atoms with Gasteiger partial charge >= 0.3 is 12.1 Å². The van der Waals surface area contributed by atoms with Crippen LogP contribution in [0.1, 0.15) is 52.1 Å². The molecule has 2 aromatic rings. The van der Waals surface area contributed by atoms with E-state index in [-0.39, 0.29) is 37.5 Å². The van der Waals surface area contributed by atoms with Gasteiger partial charge in [0.2, 0.25) is 11.8 Å². The monoisotopic (exact) mass is 554 g/mol. The van der Waals surface area contributed by atoms with E-state index >= 15 is 0 Å². The van der Waals surface area contributed by atoms with E-state index in [9.17, 15) is 24.0 Å². The Labute approximate surface area is 233 Å². The van der Waals surface area contributed by atoms with Gasteiger partial charge in [-0.05, 0) is 51.8 Å². The molecular weight excluding hydrogens is 516 g/mol. The quantitative estimate of drug-likeness (QED) is 0.270. The van der Waals surface area contributed by atoms with Gasteiger partial charge in [0.25, 0.3) is 5.56 Å². The first-order valence-corrected chi connectivity index (χ1v) is 13.0. The van der Waals surface area contributed by atoms with Crippen LogP contribution in [0.25, 0.3) is 0 Å². The number of aromatic nitrogens is 1. The molecule has 1 aromatic carbocycles. The predicted molar refractivity (Wildman–Crippen MR) is 151 cm³/mol. The fourth-order valence-electron chi connectivity index (χ4n) is 3.71. The number of benzene rings is 1. The molecule has 0 radical (unpaired) electrons. The minimum Gasteiger partial charge on any atom is -0.463 e. The van der Waals surface area contributed by atoms with Crippen LogP contribution in [-0.4, -0.2) is 53.7 Å². The van der Waals surface area contributed by atoms with Gasteiger partial charge in [0, 0.05) is 38.2 Å². The highest BCUT2D eigenvalue weighted by Gasteiger charge is 2.26. The molecule has 3 N–H and O–H groups in total. The Hall–Kier alpha value is -4.41. The molecule has 0 fully saturated rings. The number of nitrogens with zero attached hydrogens (tertiary/aromatic N) is 1. The number of anilines is 1. The summed E-state index contributed by atoms with van der Waals surface area (Å²) in [6.45, 7) is 6.97. The van der Waals surface area contributed by atoms with Crippen molar-refractivity contribution in [1.82, 2.24) is 15.2 Å². The summed E-state index contributed by atoms with van der Waals surface area (Å²) in [5.74, 6) is -1.34. The molecule has 216 valence electrons. The van der Waals surface area contributed by atoms with Gasteiger partial charge in [0.05, 0.1) is 6.61 Å². The number of rotatable bonds is 12. The number of ether oxygens (including phenoxy) is 2. The number of amides is 3. The fourth-order valence-corrected chi connectivity index (χ4v) is 3.71. The summed E-state index contributed by atoms with van der Waals surface area (Å²) in [6.07, 6.45) is 3.77. The molecular formula is C29H38N4O7. The first kappa shape index (κ1) is 31.8. The van der Waals surface area contributed by atoms with Crippen LogP contribution in [0.4, 0.5) is 10.5 Å². The number of hydrogen-bond donors (Lipinski definition) is 3. The smallest absolute Gasteiger partial charge is 0.412 e. The Balaban J connectivity index is 2.41. The molecule has 11 heteroatoms. The second-order valence-corrected chi connectivity index (χ2v) is 9.90. The molecule has 11 nitrogen and oxygen atoms in total. The fraction of sp³-hybridized carbons (Fsp3) is 0.414. The van der Waals surface area contributed by atoms with Crippen molar-refractivity contribution < 1.29 is 28.7 Å². The molecule has 2 atom stereocenters. The molecule has 1 heterocycles. The van der Waals surface area contributed by atoms with Gasteiger partial charge in [-0.1, -0.05) is 36.4 Å². The summed E-state index contributed by atoms with van der Waals surface area (Å²) in [4.78, 5) is 63.2. The molecule has 0 aliphatic carbocycles. The zero-order valence-electron chi connectivity index (χ0n) is 23.6. The first-order chi connectivity index (χ1) is 18.9. The molecule has 0 unspecified atom stereocenters. The summed E-state index contributed by atoms with van der Waals surface area (Å²) in [7, 11) is 1.50. The summed E-state index contributed by atoms with van der Waals surface area (Å²) >= 11 is 0. The number of nitrogens with one attached hydrogen (secondary N) is 3. The molecule has 0 bridgehead atoms. The lowest BCUT2D eigenvalue weighted by Crippen LogP contribution is -2.43. The molecule has 3 amide bonds. The Morgan fingerprint density at radius 1 is 1.05 bits per heavy atom. The van der Waals surface area contributed by atoms with Gasteiger partial charge in [-0.15, -0.1) is 0 Å². The third-order valence-corrected chi connectivity index (χ3v) is 5.56. The van der Waals surface area contributed by atoms with Crippen LogP contribution in [0.15, 0.2) is 65.6 Å². The van der Waals surface area contributed by atoms with E-state index in [2.05, 4.69) is 16.0 Å². The van der Waals surface area contributed by atoms with E-state index in [0.29, 0.717) is 0 Å². The number of esters is 1. The van der Waals surface area contributed by atoms with Crippen LogP contribution < -0.4 is 21.5 Å². The zero-order valence-corrected chi connectivity index (χ0v) is 23.6. The lowest BCUT2D eigenvalue weighted by molar-refractivity contribution is -0.137. The van der Waals surface area contributed by atoms with Crippen LogP contribution in [-0.2, 0) is 30.3 Å². The van der Waals surface area contributed by atoms with Crippen molar-refractivity contribution in [2.45, 2.75) is 64.6 Å². The van der Waals surface area contributed by atoms with Crippen molar-refractivity contribution >= 4 is 29.6 Å². The minimum atomic E-state index is -1.02. The maximum absolute atomic E-state index is 13.7. The summed E-state index contributed by atoms with van der Waals surface area (Å²) in [5, 5.41) is 7.83. The largest absolute Gasteiger partial charge is 0.463 e. The molecule has 40 heavy (non-hydrogen) atoms. The summed E-state index contributed by atoms with van der Waals surface area (Å²) < 4.78 is 11.4. The van der Waals surface area contributed by atoms with Crippen LogP contribution in [0, 0.1) is 0 Å². The highest BCUT2D eigenvalue weighted by Crippen LogP contribution is 2.16. The molecule has 0 spiro atoms. The topological polar surface area (TPSA) is 145 Å². The number of pyridine rings is 1. The molecule has 0 saturated heterocycles. The Morgan fingerprint density at radius 2 is 1.75 bits per heavy atom. The Morgan fingerprint density at radius 3 is 2.38 bits per heavy atom. The van der Waals surface area contributed by atoms with E-state index in [1.54, 1.807) is 33.8 Å². The third kappa shape index (κ3) is 10.8. The van der Waals surface area contributed by atoms with Gasteiger partial charge < -0.3 is 24.7 Å². The first-order valence-electron chi connectivity index (χ1n) is 13.0. The van der Waals surface area contributed by atoms with Crippen LogP contribution in [0.3, 0.4) is 0 Å². The molecule has 0 aliphatic heterocycles. The average Bonchev–Trinajstić information content (AvgIpc) is 2.89. The van der Waals surface area contributed by atoms with E-state index in [0.717, 1.165) is 5.56 Å². The van der Waals surface area contributed by atoms with Gasteiger partial charge in [0.15, 0.2) is 0 Å². The van der Waals surface area contributed by atoms with Crippen molar-refractivity contribution in [3.05, 3.63) is 76.7 Å². The van der Waals surface area contributed by atoms with Crippen molar-refractivity contribution in [2.24, 2.45) is 0 Å². The predicted octanol–water partition coefficient (Wildman–Crippen LogP) is 3.11. The van der Waals surface area contributed by atoms with Crippen molar-refractivity contribution in [1.29, 1.82) is 0 Å². The maximum Gasteiger partial charge on any atom is 0.412 e. The van der Waals surface area contributed by atoms with E-state index in [1.165, 1.54) is 36.0 Å². The molecule has 0 aliphatic rings. The van der Waals surface area contributed by atoms with E-state index in [4.69, 9.17) is 9.47 Å². The van der Waals surface area contributed by atoms with Crippen molar-refractivity contribution in [3.8, 4) is 0 Å². The minimum absolute atomic E-state index is 0.0546. The lowest BCUT2D eigenvalue weighted by atomic mass is 10.0. The van der Waals surface area contributed by atoms with Crippen LogP contribution in [0.5, 0.6) is 0 Å². The van der Waals surface area contributed by atoms with Gasteiger partial charge in [0.1, 0.15) is 17.3 Å². The zero-order chi connectivity index (χ0) is 29.7. The van der Waals surface area contributed by atoms with Crippen molar-refractivity contribution in [3.63, 3.8) is 0 Å². The molecule has 2 rings (SSSR count). The summed E-state index contributed by atoms with van der Waals surface area (Å²) in [6, 6.07) is 10.4. The Bertz CT molecular complexity index is 1250. The standard InChI is InChI=1S/C29H38N4O7/c1-6-39-25(35)17-15-21(14-16-24(34)30-5)31-26(36)23(19-20-11-8-7-9-12-20)33-18-10-13-22(27(33)37)32-28(38)40-29(2,3)4/h7-13,15,17-18,21,23H,6,14,16,19H2,1-5H3,(H,30,34)(H,31,36)(H,32,38)/b17-15+/t21-,23-/m0/s1. The maximum atomic E-state index is 13.7. The highest BCUT2D eigenvalue weighted by molar-refractivity contribution is 5.85. The van der Waals surface area contributed by atoms with Gasteiger partial charge in [-0.2, -0.15) is 0 Å². The lowest BCUT2D eigenvalue weighted by Gasteiger charge is -2.24. The number of hydrogen-bond acceptors (Lipinski definition) is 7. The van der Waals surface area contributed by atoms with E-state index < -0.39 is 41.2 Å². The highest BCUT2D eigenvalue weighted by atomic mass is 16.6. The van der Waals surface area contributed by atoms with Crippen molar-refractivity contribution in [2.75, 3.05) is 19.0 Å². The third-order valence-electron chi connectivity index (χ3n) is 5.56. The number of carbonyl (C=O) groups excluding carboxylic acids is 4. The SMILES string of the molecule is CCOC(=O)/C=C/[C@H](CCC(=O)NC)NC(=O)[C@H](Cc1ccccc1)n1cccc(NC(=O)OC(C)(C)C)c1=O. The second kappa shape index (κ2) is 15.2.